The van der Waals surface area contributed by atoms with E-state index in [1.807, 2.05) is 11.0 Å². The molecule has 4 nitrogen and oxygen atoms in total. The largest absolute Gasteiger partial charge is 0.338 e. The van der Waals surface area contributed by atoms with Crippen LogP contribution in [0.2, 0.25) is 5.02 Å². The highest BCUT2D eigenvalue weighted by atomic mass is 35.5. The Bertz CT molecular complexity index is 811. The molecular weight excluding hydrogens is 348 g/mol. The molecule has 0 aliphatic carbocycles. The van der Waals surface area contributed by atoms with Crippen LogP contribution in [0.1, 0.15) is 41.0 Å². The zero-order valence-corrected chi connectivity index (χ0v) is 15.8. The lowest BCUT2D eigenvalue weighted by Gasteiger charge is -2.35. The van der Waals surface area contributed by atoms with E-state index < -0.39 is 0 Å². The molecule has 1 heterocycles. The van der Waals surface area contributed by atoms with Crippen molar-refractivity contribution in [1.29, 1.82) is 0 Å². The smallest absolute Gasteiger partial charge is 0.257 e. The Morgan fingerprint density at radius 2 is 1.54 bits per heavy atom. The zero-order valence-electron chi connectivity index (χ0n) is 15.0. The lowest BCUT2D eigenvalue weighted by molar-refractivity contribution is 0.0624. The van der Waals surface area contributed by atoms with Crippen molar-refractivity contribution in [2.45, 2.75) is 20.3 Å². The Morgan fingerprint density at radius 3 is 2.19 bits per heavy atom. The van der Waals surface area contributed by atoms with Crippen molar-refractivity contribution >= 4 is 29.1 Å². The second-order valence-corrected chi connectivity index (χ2v) is 7.54. The van der Waals surface area contributed by atoms with Crippen LogP contribution in [-0.4, -0.2) is 29.8 Å². The van der Waals surface area contributed by atoms with Crippen LogP contribution in [0, 0.1) is 11.8 Å². The molecule has 1 aliphatic heterocycles. The Balaban J connectivity index is 1.83. The quantitative estimate of drug-likeness (QED) is 0.850. The van der Waals surface area contributed by atoms with E-state index in [2.05, 4.69) is 19.2 Å². The zero-order chi connectivity index (χ0) is 18.7. The molecule has 2 aromatic carbocycles. The van der Waals surface area contributed by atoms with Crippen molar-refractivity contribution in [2.75, 3.05) is 18.4 Å². The Hall–Kier alpha value is -2.33. The molecule has 1 N–H and O–H groups in total. The highest BCUT2D eigenvalue weighted by Crippen LogP contribution is 2.25. The van der Waals surface area contributed by atoms with Crippen molar-refractivity contribution in [2.24, 2.45) is 11.8 Å². The molecule has 0 saturated carbocycles. The molecule has 3 rings (SSSR count). The number of benzene rings is 2. The third-order valence-corrected chi connectivity index (χ3v) is 5.01. The predicted octanol–water partition coefficient (Wildman–Crippen LogP) is 4.71. The maximum atomic E-state index is 13.0. The second kappa shape index (κ2) is 7.92. The first kappa shape index (κ1) is 18.5. The molecule has 0 aromatic heterocycles. The third kappa shape index (κ3) is 4.07. The molecule has 2 amide bonds. The van der Waals surface area contributed by atoms with Crippen LogP contribution in [0.25, 0.3) is 0 Å². The van der Waals surface area contributed by atoms with Crippen molar-refractivity contribution in [3.63, 3.8) is 0 Å². The van der Waals surface area contributed by atoms with Crippen LogP contribution in [0.15, 0.2) is 48.5 Å². The number of carbonyl (C=O) groups is 2. The summed E-state index contributed by atoms with van der Waals surface area (Å²) in [6, 6.07) is 14.0. The van der Waals surface area contributed by atoms with Gasteiger partial charge in [-0.05, 0) is 42.5 Å². The Labute approximate surface area is 159 Å². The summed E-state index contributed by atoms with van der Waals surface area (Å²) in [5, 5.41) is 3.22. The molecule has 5 heteroatoms. The summed E-state index contributed by atoms with van der Waals surface area (Å²) in [4.78, 5) is 27.5. The number of piperidine rings is 1. The number of amides is 2. The highest BCUT2D eigenvalue weighted by Gasteiger charge is 2.27. The Kier molecular flexibility index (Phi) is 5.62. The van der Waals surface area contributed by atoms with E-state index >= 15 is 0 Å². The van der Waals surface area contributed by atoms with Crippen molar-refractivity contribution < 1.29 is 9.59 Å². The molecule has 2 unspecified atom stereocenters. The first-order valence-electron chi connectivity index (χ1n) is 8.90. The molecule has 0 spiro atoms. The van der Waals surface area contributed by atoms with Crippen LogP contribution in [0.4, 0.5) is 5.69 Å². The highest BCUT2D eigenvalue weighted by molar-refractivity contribution is 6.34. The lowest BCUT2D eigenvalue weighted by atomic mass is 9.91. The minimum Gasteiger partial charge on any atom is -0.338 e. The average Bonchev–Trinajstić information content (AvgIpc) is 2.61. The van der Waals surface area contributed by atoms with Gasteiger partial charge in [0.05, 0.1) is 21.8 Å². The SMILES string of the molecule is CC1CC(C)CN(C(=O)c2ccccc2NC(=O)c2ccccc2Cl)C1. The predicted molar refractivity (Wildman–Crippen MR) is 105 cm³/mol. The van der Waals surface area contributed by atoms with Gasteiger partial charge in [-0.15, -0.1) is 0 Å². The van der Waals surface area contributed by atoms with Gasteiger partial charge in [-0.2, -0.15) is 0 Å². The summed E-state index contributed by atoms with van der Waals surface area (Å²) in [5.41, 5.74) is 1.40. The fraction of sp³-hybridized carbons (Fsp3) is 0.333. The number of hydrogen-bond donors (Lipinski definition) is 1. The van der Waals surface area contributed by atoms with Gasteiger partial charge >= 0.3 is 0 Å². The number of nitrogens with one attached hydrogen (secondary N) is 1. The van der Waals surface area contributed by atoms with Crippen molar-refractivity contribution in [3.8, 4) is 0 Å². The topological polar surface area (TPSA) is 49.4 Å². The fourth-order valence-corrected chi connectivity index (χ4v) is 3.83. The standard InChI is InChI=1S/C21H23ClN2O2/c1-14-11-15(2)13-24(12-14)21(26)17-8-4-6-10-19(17)23-20(25)16-7-3-5-9-18(16)22/h3-10,14-15H,11-13H2,1-2H3,(H,23,25). The summed E-state index contributed by atoms with van der Waals surface area (Å²) in [7, 11) is 0. The van der Waals surface area contributed by atoms with E-state index in [4.69, 9.17) is 11.6 Å². The normalized spacial score (nSPS) is 19.9. The van der Waals surface area contributed by atoms with Gasteiger partial charge in [0, 0.05) is 13.1 Å². The summed E-state index contributed by atoms with van der Waals surface area (Å²) < 4.78 is 0. The van der Waals surface area contributed by atoms with Gasteiger partial charge in [0.25, 0.3) is 11.8 Å². The number of rotatable bonds is 3. The fourth-order valence-electron chi connectivity index (χ4n) is 3.61. The lowest BCUT2D eigenvalue weighted by Crippen LogP contribution is -2.42. The van der Waals surface area contributed by atoms with Crippen LogP contribution in [0.3, 0.4) is 0 Å². The third-order valence-electron chi connectivity index (χ3n) is 4.68. The van der Waals surface area contributed by atoms with E-state index in [-0.39, 0.29) is 11.8 Å². The summed E-state index contributed by atoms with van der Waals surface area (Å²) in [6.45, 7) is 5.83. The monoisotopic (exact) mass is 370 g/mol. The number of nitrogens with zero attached hydrogens (tertiary/aromatic N) is 1. The van der Waals surface area contributed by atoms with Gasteiger partial charge in [0.15, 0.2) is 0 Å². The van der Waals surface area contributed by atoms with E-state index in [9.17, 15) is 9.59 Å². The summed E-state index contributed by atoms with van der Waals surface area (Å²) in [5.74, 6) is 0.592. The molecule has 2 atom stereocenters. The van der Waals surface area contributed by atoms with E-state index in [0.717, 1.165) is 19.5 Å². The molecule has 1 fully saturated rings. The molecule has 136 valence electrons. The van der Waals surface area contributed by atoms with Crippen LogP contribution in [-0.2, 0) is 0 Å². The first-order valence-corrected chi connectivity index (χ1v) is 9.27. The minimum absolute atomic E-state index is 0.0431. The number of para-hydroxylation sites is 1. The molecule has 2 aromatic rings. The molecule has 0 radical (unpaired) electrons. The number of carbonyl (C=O) groups excluding carboxylic acids is 2. The van der Waals surface area contributed by atoms with Crippen LogP contribution < -0.4 is 5.32 Å². The first-order chi connectivity index (χ1) is 12.5. The molecule has 1 saturated heterocycles. The average molecular weight is 371 g/mol. The minimum atomic E-state index is -0.323. The van der Waals surface area contributed by atoms with E-state index in [1.165, 1.54) is 0 Å². The van der Waals surface area contributed by atoms with Gasteiger partial charge in [0.1, 0.15) is 0 Å². The number of halogens is 1. The van der Waals surface area contributed by atoms with Gasteiger partial charge in [-0.3, -0.25) is 9.59 Å². The number of likely N-dealkylation sites (tertiary alicyclic amines) is 1. The van der Waals surface area contributed by atoms with Gasteiger partial charge in [0.2, 0.25) is 0 Å². The summed E-state index contributed by atoms with van der Waals surface area (Å²) in [6.07, 6.45) is 1.13. The number of hydrogen-bond acceptors (Lipinski definition) is 2. The van der Waals surface area contributed by atoms with Crippen LogP contribution >= 0.6 is 11.6 Å². The maximum absolute atomic E-state index is 13.0. The van der Waals surface area contributed by atoms with Crippen molar-refractivity contribution in [3.05, 3.63) is 64.7 Å². The van der Waals surface area contributed by atoms with E-state index in [0.29, 0.717) is 33.7 Å². The van der Waals surface area contributed by atoms with Gasteiger partial charge in [-0.25, -0.2) is 0 Å². The molecular formula is C21H23ClN2O2. The molecule has 0 bridgehead atoms. The summed E-state index contributed by atoms with van der Waals surface area (Å²) >= 11 is 6.11. The van der Waals surface area contributed by atoms with Gasteiger partial charge < -0.3 is 10.2 Å². The van der Waals surface area contributed by atoms with Gasteiger partial charge in [-0.1, -0.05) is 49.7 Å². The van der Waals surface area contributed by atoms with Crippen molar-refractivity contribution in [1.82, 2.24) is 4.90 Å². The molecule has 26 heavy (non-hydrogen) atoms. The van der Waals surface area contributed by atoms with E-state index in [1.54, 1.807) is 42.5 Å². The van der Waals surface area contributed by atoms with Crippen LogP contribution in [0.5, 0.6) is 0 Å². The Morgan fingerprint density at radius 1 is 0.962 bits per heavy atom. The maximum Gasteiger partial charge on any atom is 0.257 e. The second-order valence-electron chi connectivity index (χ2n) is 7.14. The molecule has 1 aliphatic rings. The number of anilines is 1.